The molecule has 1 N–H and O–H groups in total. The lowest BCUT2D eigenvalue weighted by atomic mass is 10.0. The van der Waals surface area contributed by atoms with Crippen molar-refractivity contribution in [2.24, 2.45) is 0 Å². The molecule has 0 aliphatic heterocycles. The molecule has 236 valence electrons. The van der Waals surface area contributed by atoms with E-state index in [0.717, 1.165) is 21.0 Å². The number of hydrogen-bond donors (Lipinski definition) is 1. The lowest BCUT2D eigenvalue weighted by Gasteiger charge is -2.34. The van der Waals surface area contributed by atoms with Gasteiger partial charge in [-0.15, -0.1) is 0 Å². The highest BCUT2D eigenvalue weighted by atomic mass is 35.5. The van der Waals surface area contributed by atoms with Crippen molar-refractivity contribution in [1.29, 1.82) is 0 Å². The molecule has 0 saturated carbocycles. The van der Waals surface area contributed by atoms with Gasteiger partial charge in [0.1, 0.15) is 12.6 Å². The number of hydrogen-bond acceptors (Lipinski definition) is 4. The van der Waals surface area contributed by atoms with Gasteiger partial charge in [-0.2, -0.15) is 0 Å². The van der Waals surface area contributed by atoms with Gasteiger partial charge in [0, 0.05) is 24.5 Å². The summed E-state index contributed by atoms with van der Waals surface area (Å²) in [6.45, 7) is 5.16. The number of carbonyl (C=O) groups excluding carboxylic acids is 2. The van der Waals surface area contributed by atoms with Crippen LogP contribution in [0.5, 0.6) is 0 Å². The third kappa shape index (κ3) is 8.58. The molecule has 0 spiro atoms. The fraction of sp³-hybridized carbons (Fsp3) is 0.235. The van der Waals surface area contributed by atoms with Gasteiger partial charge in [0.05, 0.1) is 20.6 Å². The Morgan fingerprint density at radius 1 is 0.800 bits per heavy atom. The Kier molecular flexibility index (Phi) is 11.6. The van der Waals surface area contributed by atoms with Crippen molar-refractivity contribution < 1.29 is 18.0 Å². The molecular formula is C34H34Cl3N3O4S. The predicted molar refractivity (Wildman–Crippen MR) is 182 cm³/mol. The zero-order valence-corrected chi connectivity index (χ0v) is 28.2. The minimum Gasteiger partial charge on any atom is -0.355 e. The number of likely N-dealkylation sites (N-methyl/N-ethyl adjacent to an activating group) is 1. The summed E-state index contributed by atoms with van der Waals surface area (Å²) in [6, 6.07) is 24.5. The SMILES string of the molecule is CCNC(=O)[C@@H](Cc1ccccc1)N(Cc1ccc(Cl)c(Cl)c1)C(=O)CN(c1ccc(C)c(Cl)c1)S(=O)(=O)c1ccc(C)cc1. The molecule has 2 amide bonds. The average molecular weight is 687 g/mol. The molecule has 7 nitrogen and oxygen atoms in total. The zero-order chi connectivity index (χ0) is 32.7. The van der Waals surface area contributed by atoms with E-state index in [1.54, 1.807) is 56.3 Å². The van der Waals surface area contributed by atoms with Crippen LogP contribution in [0.15, 0.2) is 95.9 Å². The number of carbonyl (C=O) groups is 2. The van der Waals surface area contributed by atoms with Crippen molar-refractivity contribution in [3.8, 4) is 0 Å². The van der Waals surface area contributed by atoms with Crippen LogP contribution in [-0.4, -0.2) is 44.3 Å². The van der Waals surface area contributed by atoms with Gasteiger partial charge in [-0.1, -0.05) is 95.0 Å². The highest BCUT2D eigenvalue weighted by molar-refractivity contribution is 7.92. The summed E-state index contributed by atoms with van der Waals surface area (Å²) in [5, 5.41) is 3.82. The molecule has 0 radical (unpaired) electrons. The number of anilines is 1. The van der Waals surface area contributed by atoms with Crippen LogP contribution >= 0.6 is 34.8 Å². The highest BCUT2D eigenvalue weighted by Crippen LogP contribution is 2.29. The molecule has 4 aromatic carbocycles. The standard InChI is InChI=1S/C34H34Cl3N3O4S/c1-4-38-34(42)32(19-25-8-6-5-7-9-25)39(21-26-13-17-29(35)31(37)18-26)33(41)22-40(27-14-12-24(3)30(36)20-27)45(43,44)28-15-10-23(2)11-16-28/h5-18,20,32H,4,19,21-22H2,1-3H3,(H,38,42)/t32-/m1/s1. The molecule has 0 saturated heterocycles. The summed E-state index contributed by atoms with van der Waals surface area (Å²) in [7, 11) is -4.24. The first kappa shape index (κ1) is 34.3. The Morgan fingerprint density at radius 2 is 1.49 bits per heavy atom. The first-order chi connectivity index (χ1) is 21.4. The van der Waals surface area contributed by atoms with Crippen LogP contribution in [0.2, 0.25) is 15.1 Å². The first-order valence-electron chi connectivity index (χ1n) is 14.3. The molecule has 0 fully saturated rings. The molecule has 4 rings (SSSR count). The van der Waals surface area contributed by atoms with Crippen LogP contribution in [0.4, 0.5) is 5.69 Å². The number of amides is 2. The van der Waals surface area contributed by atoms with E-state index >= 15 is 0 Å². The molecule has 4 aromatic rings. The Morgan fingerprint density at radius 3 is 2.11 bits per heavy atom. The molecule has 0 aromatic heterocycles. The van der Waals surface area contributed by atoms with E-state index in [1.807, 2.05) is 37.3 Å². The van der Waals surface area contributed by atoms with Crippen LogP contribution in [0, 0.1) is 13.8 Å². The fourth-order valence-corrected chi connectivity index (χ4v) is 6.69. The molecule has 0 aliphatic rings. The maximum absolute atomic E-state index is 14.5. The van der Waals surface area contributed by atoms with Gasteiger partial charge < -0.3 is 10.2 Å². The molecule has 45 heavy (non-hydrogen) atoms. The van der Waals surface area contributed by atoms with Gasteiger partial charge in [0.25, 0.3) is 10.0 Å². The van der Waals surface area contributed by atoms with E-state index in [9.17, 15) is 18.0 Å². The van der Waals surface area contributed by atoms with Crippen molar-refractivity contribution in [2.45, 2.75) is 44.7 Å². The summed E-state index contributed by atoms with van der Waals surface area (Å²) in [5.41, 5.74) is 3.29. The largest absolute Gasteiger partial charge is 0.355 e. The smallest absolute Gasteiger partial charge is 0.264 e. The van der Waals surface area contributed by atoms with Gasteiger partial charge in [0.2, 0.25) is 11.8 Å². The van der Waals surface area contributed by atoms with E-state index in [1.165, 1.54) is 23.1 Å². The normalized spacial score (nSPS) is 12.0. The lowest BCUT2D eigenvalue weighted by molar-refractivity contribution is -0.140. The van der Waals surface area contributed by atoms with E-state index < -0.39 is 28.5 Å². The fourth-order valence-electron chi connectivity index (χ4n) is 4.78. The summed E-state index contributed by atoms with van der Waals surface area (Å²) in [5.74, 6) is -0.971. The average Bonchev–Trinajstić information content (AvgIpc) is 3.01. The molecule has 0 unspecified atom stereocenters. The Labute approximate surface area is 279 Å². The Bertz CT molecular complexity index is 1770. The van der Waals surface area contributed by atoms with E-state index in [-0.39, 0.29) is 34.5 Å². The quantitative estimate of drug-likeness (QED) is 0.170. The second kappa shape index (κ2) is 15.1. The van der Waals surface area contributed by atoms with Crippen LogP contribution in [-0.2, 0) is 32.6 Å². The molecular weight excluding hydrogens is 653 g/mol. The van der Waals surface area contributed by atoms with Crippen LogP contribution < -0.4 is 9.62 Å². The summed E-state index contributed by atoms with van der Waals surface area (Å²) in [6.07, 6.45) is 0.195. The van der Waals surface area contributed by atoms with Gasteiger partial charge in [-0.3, -0.25) is 13.9 Å². The van der Waals surface area contributed by atoms with Gasteiger partial charge in [-0.05, 0) is 73.9 Å². The minimum absolute atomic E-state index is 0.0122. The molecule has 1 atom stereocenters. The van der Waals surface area contributed by atoms with Crippen molar-refractivity contribution in [1.82, 2.24) is 10.2 Å². The summed E-state index contributed by atoms with van der Waals surface area (Å²) >= 11 is 18.9. The number of nitrogens with one attached hydrogen (secondary N) is 1. The molecule has 0 heterocycles. The number of aryl methyl sites for hydroxylation is 2. The van der Waals surface area contributed by atoms with Crippen molar-refractivity contribution in [3.63, 3.8) is 0 Å². The van der Waals surface area contributed by atoms with Gasteiger partial charge in [-0.25, -0.2) is 8.42 Å². The minimum atomic E-state index is -4.24. The number of rotatable bonds is 12. The monoisotopic (exact) mass is 685 g/mol. The third-order valence-corrected chi connectivity index (χ3v) is 10.2. The number of halogens is 3. The number of benzene rings is 4. The van der Waals surface area contributed by atoms with E-state index in [0.29, 0.717) is 22.2 Å². The molecule has 0 aliphatic carbocycles. The predicted octanol–water partition coefficient (Wildman–Crippen LogP) is 7.24. The first-order valence-corrected chi connectivity index (χ1v) is 16.9. The maximum atomic E-state index is 14.5. The third-order valence-electron chi connectivity index (χ3n) is 7.29. The van der Waals surface area contributed by atoms with Crippen molar-refractivity contribution in [3.05, 3.63) is 128 Å². The topological polar surface area (TPSA) is 86.8 Å². The Balaban J connectivity index is 1.82. The van der Waals surface area contributed by atoms with E-state index in [2.05, 4.69) is 5.32 Å². The van der Waals surface area contributed by atoms with Crippen molar-refractivity contribution >= 4 is 62.3 Å². The number of sulfonamides is 1. The Hall–Kier alpha value is -3.56. The van der Waals surface area contributed by atoms with Crippen LogP contribution in [0.25, 0.3) is 0 Å². The zero-order valence-electron chi connectivity index (χ0n) is 25.1. The van der Waals surface area contributed by atoms with Crippen LogP contribution in [0.3, 0.4) is 0 Å². The molecule has 11 heteroatoms. The number of nitrogens with zero attached hydrogens (tertiary/aromatic N) is 2. The maximum Gasteiger partial charge on any atom is 0.264 e. The summed E-state index contributed by atoms with van der Waals surface area (Å²) in [4.78, 5) is 29.5. The van der Waals surface area contributed by atoms with Crippen molar-refractivity contribution in [2.75, 3.05) is 17.4 Å². The highest BCUT2D eigenvalue weighted by Gasteiger charge is 2.34. The van der Waals surface area contributed by atoms with Gasteiger partial charge in [0.15, 0.2) is 0 Å². The summed E-state index contributed by atoms with van der Waals surface area (Å²) < 4.78 is 29.3. The van der Waals surface area contributed by atoms with E-state index in [4.69, 9.17) is 34.8 Å². The second-order valence-corrected chi connectivity index (χ2v) is 13.7. The second-order valence-electron chi connectivity index (χ2n) is 10.6. The van der Waals surface area contributed by atoms with Gasteiger partial charge >= 0.3 is 0 Å². The molecule has 0 bridgehead atoms. The lowest BCUT2D eigenvalue weighted by Crippen LogP contribution is -2.53. The van der Waals surface area contributed by atoms with Crippen LogP contribution in [0.1, 0.15) is 29.2 Å².